The van der Waals surface area contributed by atoms with Crippen molar-refractivity contribution in [3.8, 4) is 11.5 Å². The molecule has 0 N–H and O–H groups in total. The molecule has 0 saturated heterocycles. The quantitative estimate of drug-likeness (QED) is 0.280. The second-order valence-electron chi connectivity index (χ2n) is 7.44. The van der Waals surface area contributed by atoms with E-state index in [1.54, 1.807) is 23.1 Å². The first-order chi connectivity index (χ1) is 15.4. The van der Waals surface area contributed by atoms with E-state index < -0.39 is 4.92 Å². The average Bonchev–Trinajstić information content (AvgIpc) is 3.18. The number of benzene rings is 2. The van der Waals surface area contributed by atoms with Gasteiger partial charge in [-0.15, -0.1) is 12.4 Å². The number of ether oxygens (including phenoxy) is 2. The van der Waals surface area contributed by atoms with Gasteiger partial charge in [0.15, 0.2) is 16.6 Å². The van der Waals surface area contributed by atoms with Gasteiger partial charge in [-0.2, -0.15) is 0 Å². The van der Waals surface area contributed by atoms with E-state index in [0.29, 0.717) is 48.5 Å². The lowest BCUT2D eigenvalue weighted by atomic mass is 10.2. The van der Waals surface area contributed by atoms with Gasteiger partial charge in [0, 0.05) is 43.4 Å². The van der Waals surface area contributed by atoms with Gasteiger partial charge in [0.25, 0.3) is 11.6 Å². The van der Waals surface area contributed by atoms with E-state index in [1.807, 2.05) is 31.1 Å². The van der Waals surface area contributed by atoms with Gasteiger partial charge < -0.3 is 14.4 Å². The fourth-order valence-electron chi connectivity index (χ4n) is 3.13. The monoisotopic (exact) mass is 490 g/mol. The molecule has 0 aliphatic carbocycles. The van der Waals surface area contributed by atoms with Crippen LogP contribution in [-0.4, -0.2) is 61.1 Å². The molecular weight excluding hydrogens is 468 g/mol. The molecule has 3 aromatic rings. The topological polar surface area (TPSA) is 98.0 Å². The Morgan fingerprint density at radius 1 is 1.15 bits per heavy atom. The van der Waals surface area contributed by atoms with Crippen LogP contribution in [0.4, 0.5) is 10.8 Å². The summed E-state index contributed by atoms with van der Waals surface area (Å²) in [6.45, 7) is 2.13. The highest BCUT2D eigenvalue weighted by Crippen LogP contribution is 2.38. The molecule has 1 amide bonds. The van der Waals surface area contributed by atoms with Gasteiger partial charge in [0.2, 0.25) is 0 Å². The van der Waals surface area contributed by atoms with Gasteiger partial charge in [0.05, 0.1) is 15.1 Å². The van der Waals surface area contributed by atoms with E-state index in [-0.39, 0.29) is 24.0 Å². The van der Waals surface area contributed by atoms with Crippen molar-refractivity contribution in [2.24, 2.45) is 0 Å². The zero-order valence-electron chi connectivity index (χ0n) is 18.1. The molecule has 0 radical (unpaired) electrons. The van der Waals surface area contributed by atoms with E-state index in [2.05, 4.69) is 4.98 Å². The van der Waals surface area contributed by atoms with E-state index in [0.717, 1.165) is 10.2 Å². The molecule has 2 heterocycles. The van der Waals surface area contributed by atoms with Crippen molar-refractivity contribution in [1.29, 1.82) is 0 Å². The molecule has 33 heavy (non-hydrogen) atoms. The number of likely N-dealkylation sites (N-methyl/N-ethyl adjacent to an activating group) is 1. The zero-order valence-corrected chi connectivity index (χ0v) is 19.7. The van der Waals surface area contributed by atoms with E-state index in [9.17, 15) is 14.9 Å². The van der Waals surface area contributed by atoms with Crippen LogP contribution >= 0.6 is 23.7 Å². The highest BCUT2D eigenvalue weighted by atomic mass is 35.5. The molecule has 2 aromatic carbocycles. The number of halogens is 1. The summed E-state index contributed by atoms with van der Waals surface area (Å²) in [6.07, 6.45) is 3.10. The van der Waals surface area contributed by atoms with E-state index in [1.165, 1.54) is 29.5 Å². The van der Waals surface area contributed by atoms with Gasteiger partial charge in [-0.3, -0.25) is 19.8 Å². The number of hydrogen-bond acceptors (Lipinski definition) is 8. The van der Waals surface area contributed by atoms with Crippen LogP contribution in [0, 0.1) is 10.1 Å². The predicted molar refractivity (Wildman–Crippen MR) is 131 cm³/mol. The highest BCUT2D eigenvalue weighted by molar-refractivity contribution is 7.22. The second-order valence-corrected chi connectivity index (χ2v) is 8.44. The van der Waals surface area contributed by atoms with Crippen LogP contribution in [0.25, 0.3) is 16.3 Å². The number of hydrogen-bond donors (Lipinski definition) is 0. The number of nitro benzene ring substituents is 1. The Balaban J connectivity index is 0.00000306. The lowest BCUT2D eigenvalue weighted by molar-refractivity contribution is -0.384. The largest absolute Gasteiger partial charge is 0.486 e. The highest BCUT2D eigenvalue weighted by Gasteiger charge is 2.20. The summed E-state index contributed by atoms with van der Waals surface area (Å²) < 4.78 is 12.2. The van der Waals surface area contributed by atoms with Gasteiger partial charge in [0.1, 0.15) is 13.2 Å². The first-order valence-corrected chi connectivity index (χ1v) is 10.8. The standard InChI is InChI=1S/C22H22N4O5S.ClH/c1-24(2)9-10-25(21(27)8-5-15-3-6-16(7-4-15)26(28)29)22-23-17-13-18-19(14-20(17)32-22)31-12-11-30-18;/h3-8,13-14H,9-12H2,1-2H3;1H. The van der Waals surface area contributed by atoms with Gasteiger partial charge in [-0.25, -0.2) is 4.98 Å². The maximum Gasteiger partial charge on any atom is 0.269 e. The van der Waals surface area contributed by atoms with Gasteiger partial charge in [-0.1, -0.05) is 11.3 Å². The van der Waals surface area contributed by atoms with Crippen molar-refractivity contribution in [2.75, 3.05) is 45.3 Å². The number of nitrogens with zero attached hydrogens (tertiary/aromatic N) is 4. The van der Waals surface area contributed by atoms with Crippen molar-refractivity contribution in [3.63, 3.8) is 0 Å². The predicted octanol–water partition coefficient (Wildman–Crippen LogP) is 4.01. The maximum absolute atomic E-state index is 13.1. The summed E-state index contributed by atoms with van der Waals surface area (Å²) in [5, 5.41) is 11.4. The third-order valence-electron chi connectivity index (χ3n) is 4.83. The number of carbonyl (C=O) groups excluding carboxylic acids is 1. The molecule has 0 saturated carbocycles. The molecule has 174 valence electrons. The molecule has 0 unspecified atom stereocenters. The number of fused-ring (bicyclic) bond motifs is 2. The fourth-order valence-corrected chi connectivity index (χ4v) is 4.14. The van der Waals surface area contributed by atoms with Gasteiger partial charge in [-0.05, 0) is 37.9 Å². The SMILES string of the molecule is CN(C)CCN(C(=O)C=Cc1ccc([N+](=O)[O-])cc1)c1nc2cc3c(cc2s1)OCCO3.Cl. The lowest BCUT2D eigenvalue weighted by Crippen LogP contribution is -2.35. The van der Waals surface area contributed by atoms with Crippen LogP contribution in [0.1, 0.15) is 5.56 Å². The Kier molecular flexibility index (Phi) is 7.85. The normalized spacial score (nSPS) is 12.7. The third-order valence-corrected chi connectivity index (χ3v) is 5.87. The molecule has 9 nitrogen and oxygen atoms in total. The maximum atomic E-state index is 13.1. The number of amides is 1. The molecule has 4 rings (SSSR count). The van der Waals surface area contributed by atoms with Crippen LogP contribution < -0.4 is 14.4 Å². The number of aromatic nitrogens is 1. The molecular formula is C22H23ClN4O5S. The molecule has 0 atom stereocenters. The number of carbonyl (C=O) groups is 1. The Bertz CT molecular complexity index is 1140. The lowest BCUT2D eigenvalue weighted by Gasteiger charge is -2.20. The smallest absolute Gasteiger partial charge is 0.269 e. The minimum Gasteiger partial charge on any atom is -0.486 e. The summed E-state index contributed by atoms with van der Waals surface area (Å²) in [6, 6.07) is 9.76. The molecule has 0 fully saturated rings. The number of nitro groups is 1. The van der Waals surface area contributed by atoms with E-state index in [4.69, 9.17) is 9.47 Å². The van der Waals surface area contributed by atoms with E-state index >= 15 is 0 Å². The molecule has 1 aliphatic heterocycles. The number of thiazole rings is 1. The van der Waals surface area contributed by atoms with Crippen LogP contribution in [0.2, 0.25) is 0 Å². The third kappa shape index (κ3) is 5.78. The summed E-state index contributed by atoms with van der Waals surface area (Å²) in [4.78, 5) is 31.7. The Morgan fingerprint density at radius 3 is 2.45 bits per heavy atom. The number of non-ortho nitro benzene ring substituents is 1. The Morgan fingerprint density at radius 2 is 1.82 bits per heavy atom. The summed E-state index contributed by atoms with van der Waals surface area (Å²) in [5.74, 6) is 1.12. The first kappa shape index (κ1) is 24.4. The van der Waals surface area contributed by atoms with Gasteiger partial charge >= 0.3 is 0 Å². The number of rotatable bonds is 7. The van der Waals surface area contributed by atoms with Crippen molar-refractivity contribution in [3.05, 3.63) is 58.2 Å². The van der Waals surface area contributed by atoms with Crippen LogP contribution in [0.15, 0.2) is 42.5 Å². The summed E-state index contributed by atoms with van der Waals surface area (Å²) >= 11 is 1.42. The molecule has 1 aromatic heterocycles. The minimum atomic E-state index is -0.456. The molecule has 11 heteroatoms. The van der Waals surface area contributed by atoms with Crippen molar-refractivity contribution >= 4 is 56.8 Å². The summed E-state index contributed by atoms with van der Waals surface area (Å²) in [7, 11) is 3.88. The number of anilines is 1. The molecule has 0 bridgehead atoms. The van der Waals surface area contributed by atoms with Crippen molar-refractivity contribution in [1.82, 2.24) is 9.88 Å². The molecule has 0 spiro atoms. The average molecular weight is 491 g/mol. The first-order valence-electron chi connectivity index (χ1n) is 9.99. The van der Waals surface area contributed by atoms with Crippen LogP contribution in [-0.2, 0) is 4.79 Å². The Labute approximate surface area is 200 Å². The second kappa shape index (κ2) is 10.6. The summed E-state index contributed by atoms with van der Waals surface area (Å²) in [5.41, 5.74) is 1.45. The van der Waals surface area contributed by atoms with Crippen LogP contribution in [0.5, 0.6) is 11.5 Å². The zero-order chi connectivity index (χ0) is 22.7. The van der Waals surface area contributed by atoms with Crippen molar-refractivity contribution in [2.45, 2.75) is 0 Å². The van der Waals surface area contributed by atoms with Crippen LogP contribution in [0.3, 0.4) is 0 Å². The Hall–Kier alpha value is -3.21. The minimum absolute atomic E-state index is 0. The van der Waals surface area contributed by atoms with Crippen molar-refractivity contribution < 1.29 is 19.2 Å². The fraction of sp³-hybridized carbons (Fsp3) is 0.273. The molecule has 1 aliphatic rings.